The summed E-state index contributed by atoms with van der Waals surface area (Å²) in [6, 6.07) is 10.6. The summed E-state index contributed by atoms with van der Waals surface area (Å²) in [7, 11) is -1.43. The molecular formula is C14H19BrN2SSi. The smallest absolute Gasteiger partial charge is 0.169 e. The van der Waals surface area contributed by atoms with Gasteiger partial charge >= 0.3 is 0 Å². The van der Waals surface area contributed by atoms with Crippen LogP contribution in [0, 0.1) is 0 Å². The Kier molecular flexibility index (Phi) is 4.58. The highest BCUT2D eigenvalue weighted by atomic mass is 79.9. The van der Waals surface area contributed by atoms with Gasteiger partial charge in [-0.2, -0.15) is 0 Å². The molecule has 0 bridgehead atoms. The molecule has 19 heavy (non-hydrogen) atoms. The van der Waals surface area contributed by atoms with Gasteiger partial charge in [-0.3, -0.25) is 0 Å². The van der Waals surface area contributed by atoms with Crippen LogP contribution in [0.4, 0.5) is 0 Å². The van der Waals surface area contributed by atoms with Crippen molar-refractivity contribution >= 4 is 41.1 Å². The minimum atomic E-state index is -1.43. The number of halogens is 1. The summed E-state index contributed by atoms with van der Waals surface area (Å²) in [5, 5.41) is 2.48. The van der Waals surface area contributed by atoms with Crippen molar-refractivity contribution in [2.75, 3.05) is 6.26 Å². The average molecular weight is 355 g/mol. The van der Waals surface area contributed by atoms with Crippen molar-refractivity contribution in [2.24, 2.45) is 0 Å². The van der Waals surface area contributed by atoms with Crippen LogP contribution in [0.1, 0.15) is 5.56 Å². The molecule has 0 saturated heterocycles. The Morgan fingerprint density at radius 1 is 1.21 bits per heavy atom. The molecular weight excluding hydrogens is 336 g/mol. The largest absolute Gasteiger partial charge is 0.322 e. The first kappa shape index (κ1) is 14.9. The van der Waals surface area contributed by atoms with E-state index in [9.17, 15) is 0 Å². The van der Waals surface area contributed by atoms with Crippen LogP contribution in [0.5, 0.6) is 0 Å². The van der Waals surface area contributed by atoms with Gasteiger partial charge in [-0.25, -0.2) is 4.98 Å². The number of rotatable bonds is 4. The third kappa shape index (κ3) is 3.33. The van der Waals surface area contributed by atoms with E-state index < -0.39 is 8.07 Å². The zero-order valence-corrected chi connectivity index (χ0v) is 15.2. The van der Waals surface area contributed by atoms with E-state index >= 15 is 0 Å². The summed E-state index contributed by atoms with van der Waals surface area (Å²) in [6.45, 7) is 7.98. The third-order valence-electron chi connectivity index (χ3n) is 2.97. The molecule has 0 spiro atoms. The molecule has 0 radical (unpaired) electrons. The molecule has 0 fully saturated rings. The van der Waals surface area contributed by atoms with Gasteiger partial charge in [0, 0.05) is 11.9 Å². The van der Waals surface area contributed by atoms with Gasteiger partial charge < -0.3 is 4.57 Å². The predicted octanol–water partition coefficient (Wildman–Crippen LogP) is 3.96. The van der Waals surface area contributed by atoms with Gasteiger partial charge in [0.15, 0.2) is 5.16 Å². The van der Waals surface area contributed by atoms with Gasteiger partial charge in [0.2, 0.25) is 0 Å². The van der Waals surface area contributed by atoms with Gasteiger partial charge in [0.25, 0.3) is 0 Å². The molecule has 0 N–H and O–H groups in total. The van der Waals surface area contributed by atoms with Crippen molar-refractivity contribution in [3.63, 3.8) is 0 Å². The monoisotopic (exact) mass is 354 g/mol. The molecule has 102 valence electrons. The second kappa shape index (κ2) is 5.85. The summed E-state index contributed by atoms with van der Waals surface area (Å²) in [5.74, 6) is 0. The Labute approximate surface area is 128 Å². The van der Waals surface area contributed by atoms with Crippen LogP contribution in [0.15, 0.2) is 40.1 Å². The Morgan fingerprint density at radius 3 is 2.37 bits per heavy atom. The molecule has 0 aliphatic rings. The Morgan fingerprint density at radius 2 is 1.84 bits per heavy atom. The average Bonchev–Trinajstić information content (AvgIpc) is 2.66. The third-order valence-corrected chi connectivity index (χ3v) is 6.49. The molecule has 1 aromatic heterocycles. The predicted molar refractivity (Wildman–Crippen MR) is 90.2 cm³/mol. The number of imidazole rings is 1. The fraction of sp³-hybridized carbons (Fsp3) is 0.357. The van der Waals surface area contributed by atoms with Crippen molar-refractivity contribution in [2.45, 2.75) is 31.3 Å². The maximum atomic E-state index is 4.67. The highest BCUT2D eigenvalue weighted by Gasteiger charge is 2.27. The summed E-state index contributed by atoms with van der Waals surface area (Å²) in [4.78, 5) is 4.67. The van der Waals surface area contributed by atoms with Crippen LogP contribution < -0.4 is 5.32 Å². The molecule has 0 saturated carbocycles. The van der Waals surface area contributed by atoms with Crippen LogP contribution in [0.3, 0.4) is 0 Å². The Balaban J connectivity index is 2.49. The summed E-state index contributed by atoms with van der Waals surface area (Å²) in [5.41, 5.74) is 1.32. The van der Waals surface area contributed by atoms with E-state index in [1.165, 1.54) is 10.9 Å². The molecule has 0 aliphatic carbocycles. The van der Waals surface area contributed by atoms with Gasteiger partial charge in [0.1, 0.15) is 12.7 Å². The number of hydrogen-bond acceptors (Lipinski definition) is 2. The maximum absolute atomic E-state index is 4.67. The molecule has 5 heteroatoms. The molecule has 2 aromatic rings. The van der Waals surface area contributed by atoms with E-state index in [0.29, 0.717) is 0 Å². The molecule has 1 aromatic carbocycles. The Bertz CT molecular complexity index is 561. The summed E-state index contributed by atoms with van der Waals surface area (Å²) < 4.78 is 3.39. The summed E-state index contributed by atoms with van der Waals surface area (Å²) in [6.07, 6.45) is 2.09. The second-order valence-electron chi connectivity index (χ2n) is 5.56. The minimum absolute atomic E-state index is 0.898. The van der Waals surface area contributed by atoms with Crippen molar-refractivity contribution in [3.8, 4) is 0 Å². The number of hydrogen-bond donors (Lipinski definition) is 0. The molecule has 0 atom stereocenters. The number of aromatic nitrogens is 2. The number of thioether (sulfide) groups is 1. The highest BCUT2D eigenvalue weighted by molar-refractivity contribution is 9.10. The van der Waals surface area contributed by atoms with Crippen molar-refractivity contribution < 1.29 is 0 Å². The zero-order valence-electron chi connectivity index (χ0n) is 11.8. The number of benzene rings is 1. The first-order valence-corrected chi connectivity index (χ1v) is 11.8. The topological polar surface area (TPSA) is 17.8 Å². The highest BCUT2D eigenvalue weighted by Crippen LogP contribution is 2.21. The maximum Gasteiger partial charge on any atom is 0.169 e. The van der Waals surface area contributed by atoms with E-state index in [1.807, 2.05) is 0 Å². The lowest BCUT2D eigenvalue weighted by Gasteiger charge is -2.20. The molecule has 2 nitrogen and oxygen atoms in total. The van der Waals surface area contributed by atoms with Gasteiger partial charge in [-0.1, -0.05) is 61.7 Å². The lowest BCUT2D eigenvalue weighted by Crippen LogP contribution is -2.44. The van der Waals surface area contributed by atoms with Gasteiger partial charge in [-0.15, -0.1) is 0 Å². The van der Waals surface area contributed by atoms with Crippen LogP contribution in [0.25, 0.3) is 0 Å². The molecule has 1 heterocycles. The standard InChI is InChI=1S/C14H19BrN2SSi/c1-18-14-16-12(15)13(19(2,3)4)17(14)10-11-8-6-5-7-9-11/h5-9H,10H2,1-4H3. The lowest BCUT2D eigenvalue weighted by atomic mass is 10.2. The normalized spacial score (nSPS) is 11.8. The first-order valence-electron chi connectivity index (χ1n) is 6.28. The van der Waals surface area contributed by atoms with Crippen molar-refractivity contribution in [3.05, 3.63) is 40.5 Å². The van der Waals surface area contributed by atoms with Gasteiger partial charge in [0.05, 0.1) is 0 Å². The quantitative estimate of drug-likeness (QED) is 0.610. The van der Waals surface area contributed by atoms with Crippen LogP contribution in [-0.2, 0) is 6.54 Å². The molecule has 0 aliphatic heterocycles. The van der Waals surface area contributed by atoms with Crippen LogP contribution in [0.2, 0.25) is 19.6 Å². The van der Waals surface area contributed by atoms with E-state index in [0.717, 1.165) is 16.3 Å². The molecule has 0 unspecified atom stereocenters. The van der Waals surface area contributed by atoms with Crippen molar-refractivity contribution in [1.29, 1.82) is 0 Å². The van der Waals surface area contributed by atoms with Crippen molar-refractivity contribution in [1.82, 2.24) is 9.55 Å². The van der Waals surface area contributed by atoms with E-state index in [2.05, 4.69) is 81.7 Å². The minimum Gasteiger partial charge on any atom is -0.322 e. The van der Waals surface area contributed by atoms with Crippen LogP contribution in [-0.4, -0.2) is 23.9 Å². The lowest BCUT2D eigenvalue weighted by molar-refractivity contribution is 0.723. The number of nitrogens with zero attached hydrogens (tertiary/aromatic N) is 2. The zero-order chi connectivity index (χ0) is 14.0. The van der Waals surface area contributed by atoms with Gasteiger partial charge in [-0.05, 0) is 27.7 Å². The van der Waals surface area contributed by atoms with E-state index in [4.69, 9.17) is 0 Å². The summed E-state index contributed by atoms with van der Waals surface area (Å²) >= 11 is 5.36. The first-order chi connectivity index (χ1) is 8.93. The van der Waals surface area contributed by atoms with Crippen LogP contribution >= 0.6 is 27.7 Å². The Hall–Kier alpha value is -0.523. The second-order valence-corrected chi connectivity index (χ2v) is 12.1. The fourth-order valence-corrected chi connectivity index (χ4v) is 6.78. The molecule has 2 rings (SSSR count). The fourth-order valence-electron chi connectivity index (χ4n) is 2.19. The molecule has 0 amide bonds. The SMILES string of the molecule is CSc1nc(Br)c([Si](C)(C)C)n1Cc1ccccc1. The van der Waals surface area contributed by atoms with E-state index in [-0.39, 0.29) is 0 Å². The van der Waals surface area contributed by atoms with E-state index in [1.54, 1.807) is 11.8 Å².